The van der Waals surface area contributed by atoms with E-state index in [0.29, 0.717) is 39.2 Å². The van der Waals surface area contributed by atoms with Crippen LogP contribution < -0.4 is 5.32 Å². The minimum absolute atomic E-state index is 0.0346. The Bertz CT molecular complexity index is 3220. The van der Waals surface area contributed by atoms with Crippen LogP contribution in [0.5, 0.6) is 0 Å². The highest BCUT2D eigenvalue weighted by atomic mass is 32.2. The van der Waals surface area contributed by atoms with Crippen molar-refractivity contribution in [2.75, 3.05) is 45.6 Å². The van der Waals surface area contributed by atoms with Crippen molar-refractivity contribution < 1.29 is 26.9 Å². The topological polar surface area (TPSA) is 144 Å². The number of carbonyl (C=O) groups is 2. The molecule has 17 heteroatoms. The van der Waals surface area contributed by atoms with Gasteiger partial charge in [0.2, 0.25) is 21.8 Å². The Morgan fingerprint density at radius 3 is 1.33 bits per heavy atom. The van der Waals surface area contributed by atoms with Crippen LogP contribution in [0.15, 0.2) is 134 Å². The normalized spacial score (nSPS) is 18.2. The van der Waals surface area contributed by atoms with Crippen LogP contribution in [0.1, 0.15) is 131 Å². The zero-order valence-electron chi connectivity index (χ0n) is 53.6. The Hall–Kier alpha value is -5.54. The summed E-state index contributed by atoms with van der Waals surface area (Å²) in [6.07, 6.45) is 6.01. The molecule has 6 aromatic rings. The number of aromatic nitrogens is 4. The summed E-state index contributed by atoms with van der Waals surface area (Å²) in [5, 5.41) is 3.72. The van der Waals surface area contributed by atoms with E-state index in [2.05, 4.69) is 190 Å². The molecule has 0 spiro atoms. The van der Waals surface area contributed by atoms with Crippen molar-refractivity contribution in [3.8, 4) is 22.5 Å². The van der Waals surface area contributed by atoms with Gasteiger partial charge in [-0.3, -0.25) is 9.59 Å². The minimum atomic E-state index is -3.59. The third-order valence-corrected chi connectivity index (χ3v) is 27.7. The van der Waals surface area contributed by atoms with E-state index in [0.717, 1.165) is 39.7 Å². The summed E-state index contributed by atoms with van der Waals surface area (Å²) in [5.41, 5.74) is 5.53. The summed E-state index contributed by atoms with van der Waals surface area (Å²) in [7, 11) is -7.69. The number of nitrogens with one attached hydrogen (secondary N) is 1. The first-order valence-electron chi connectivity index (χ1n) is 30.0. The first-order valence-corrected chi connectivity index (χ1v) is 37.7. The summed E-state index contributed by atoms with van der Waals surface area (Å²) in [6.45, 7) is 39.0. The van der Waals surface area contributed by atoms with E-state index >= 15 is 0 Å². The molecular weight excluding hydrogens is 1100 g/mol. The molecule has 2 saturated heterocycles. The Morgan fingerprint density at radius 2 is 0.940 bits per heavy atom. The molecule has 0 radical (unpaired) electrons. The molecular formula is C67H98N8O6SSi2. The molecule has 0 aliphatic carbocycles. The smallest absolute Gasteiger partial charge is 0.224 e. The van der Waals surface area contributed by atoms with Crippen LogP contribution in [0.25, 0.3) is 22.5 Å². The van der Waals surface area contributed by atoms with Gasteiger partial charge >= 0.3 is 0 Å². The standard InChI is InChI=1S/C34H50N4O4SSi.C33H48N4O2Si/c1-33(2,3)31(32-35-29(27-18-14-11-15-19-27)24-36(32)22-26-16-12-10-13-17-26)37-23-28(25-42-44(8,9)34(4,5)6)38(43(7,40)41)21-20-30(37)39;1-32(2,3)30(37-22-27(34-20-19-29(37)38)24-39-40(7,8)33(4,5)6)31-35-28(26-17-13-10-14-18-26)23-36(31)21-25-15-11-9-12-16-25/h10-19,24,28,31H,20-23,25H2,1-9H3;9-18,23,27,30,34H,19-22,24H2,1-8H3/t28-,31-;27-,30-/m00/s1. The second kappa shape index (κ2) is 26.6. The molecule has 456 valence electrons. The van der Waals surface area contributed by atoms with Crippen molar-refractivity contribution in [3.63, 3.8) is 0 Å². The van der Waals surface area contributed by atoms with E-state index in [4.69, 9.17) is 18.8 Å². The first kappa shape index (κ1) is 66.0. The Labute approximate surface area is 506 Å². The van der Waals surface area contributed by atoms with Crippen LogP contribution in [0.2, 0.25) is 36.3 Å². The number of nitrogens with zero attached hydrogens (tertiary/aromatic N) is 7. The Kier molecular flexibility index (Phi) is 20.9. The Balaban J connectivity index is 0.000000242. The molecule has 0 bridgehead atoms. The number of hydrogen-bond acceptors (Lipinski definition) is 9. The van der Waals surface area contributed by atoms with Crippen molar-refractivity contribution in [2.45, 2.75) is 169 Å². The Morgan fingerprint density at radius 1 is 0.560 bits per heavy atom. The molecule has 4 atom stereocenters. The number of carbonyl (C=O) groups excluding carboxylic acids is 2. The average molecular weight is 1200 g/mol. The van der Waals surface area contributed by atoms with Gasteiger partial charge < -0.3 is 33.1 Å². The van der Waals surface area contributed by atoms with E-state index in [1.807, 2.05) is 77.7 Å². The number of benzene rings is 4. The number of imidazole rings is 2. The van der Waals surface area contributed by atoms with Crippen LogP contribution in [-0.2, 0) is 41.6 Å². The van der Waals surface area contributed by atoms with Crippen LogP contribution in [0.4, 0.5) is 0 Å². The highest BCUT2D eigenvalue weighted by Gasteiger charge is 2.46. The third kappa shape index (κ3) is 16.7. The largest absolute Gasteiger partial charge is 0.415 e. The number of rotatable bonds is 17. The lowest BCUT2D eigenvalue weighted by atomic mass is 9.84. The van der Waals surface area contributed by atoms with Gasteiger partial charge in [0.15, 0.2) is 16.6 Å². The lowest BCUT2D eigenvalue weighted by molar-refractivity contribution is -0.136. The molecule has 84 heavy (non-hydrogen) atoms. The van der Waals surface area contributed by atoms with Gasteiger partial charge in [0, 0.05) is 81.7 Å². The zero-order chi connectivity index (χ0) is 61.6. The molecule has 2 aliphatic heterocycles. The summed E-state index contributed by atoms with van der Waals surface area (Å²) >= 11 is 0. The van der Waals surface area contributed by atoms with Gasteiger partial charge in [-0.15, -0.1) is 0 Å². The molecule has 2 aliphatic rings. The molecule has 4 heterocycles. The van der Waals surface area contributed by atoms with Gasteiger partial charge in [-0.1, -0.05) is 204 Å². The lowest BCUT2D eigenvalue weighted by Gasteiger charge is -2.42. The van der Waals surface area contributed by atoms with Crippen LogP contribution >= 0.6 is 0 Å². The molecule has 2 amide bonds. The molecule has 0 saturated carbocycles. The predicted molar refractivity (Wildman–Crippen MR) is 347 cm³/mol. The summed E-state index contributed by atoms with van der Waals surface area (Å²) in [5.74, 6) is 1.79. The van der Waals surface area contributed by atoms with Crippen LogP contribution in [-0.4, -0.2) is 128 Å². The number of hydrogen-bond donors (Lipinski definition) is 1. The van der Waals surface area contributed by atoms with Crippen molar-refractivity contribution >= 4 is 38.5 Å². The second-order valence-corrected chi connectivity index (χ2v) is 39.9. The van der Waals surface area contributed by atoms with Gasteiger partial charge in [0.25, 0.3) is 0 Å². The maximum Gasteiger partial charge on any atom is 0.224 e. The maximum atomic E-state index is 14.0. The van der Waals surface area contributed by atoms with E-state index < -0.39 is 44.2 Å². The van der Waals surface area contributed by atoms with E-state index in [1.165, 1.54) is 16.1 Å². The number of amides is 2. The molecule has 2 aromatic heterocycles. The molecule has 2 fully saturated rings. The van der Waals surface area contributed by atoms with Crippen molar-refractivity contribution in [3.05, 3.63) is 156 Å². The van der Waals surface area contributed by atoms with Crippen LogP contribution in [0.3, 0.4) is 0 Å². The van der Waals surface area contributed by atoms with Gasteiger partial charge in [-0.25, -0.2) is 18.4 Å². The molecule has 4 aromatic carbocycles. The maximum absolute atomic E-state index is 14.0. The van der Waals surface area contributed by atoms with Gasteiger partial charge in [0.05, 0.1) is 49.0 Å². The van der Waals surface area contributed by atoms with E-state index in [9.17, 15) is 18.0 Å². The van der Waals surface area contributed by atoms with E-state index in [-0.39, 0.29) is 65.5 Å². The third-order valence-electron chi connectivity index (χ3n) is 17.4. The van der Waals surface area contributed by atoms with Gasteiger partial charge in [-0.2, -0.15) is 4.31 Å². The monoisotopic (exact) mass is 1200 g/mol. The molecule has 1 N–H and O–H groups in total. The summed E-state index contributed by atoms with van der Waals surface area (Å²) in [4.78, 5) is 42.2. The molecule has 8 rings (SSSR count). The summed E-state index contributed by atoms with van der Waals surface area (Å²) in [6, 6.07) is 40.0. The fraction of sp³-hybridized carbons (Fsp3) is 0.522. The molecule has 14 nitrogen and oxygen atoms in total. The van der Waals surface area contributed by atoms with Gasteiger partial charge in [0.1, 0.15) is 11.6 Å². The zero-order valence-corrected chi connectivity index (χ0v) is 56.4. The fourth-order valence-electron chi connectivity index (χ4n) is 10.7. The SMILES string of the molecule is CC(C)(C)[C@H](c1nc(-c2ccccc2)cn1Cc1ccccc1)N1C[C@@H](CO[Si](C)(C)C(C)(C)C)N(S(C)(=O)=O)CCC1=O.CC(C)(C)[C@H](c1nc(-c2ccccc2)cn1Cc1ccccc1)N1C[C@@H](CO[Si](C)(C)C(C)(C)C)NCCC1=O. The second-order valence-electron chi connectivity index (χ2n) is 28.4. The van der Waals surface area contributed by atoms with Crippen molar-refractivity contribution in [1.82, 2.24) is 38.5 Å². The quantitative estimate of drug-likeness (QED) is 0.0883. The minimum Gasteiger partial charge on any atom is -0.415 e. The average Bonchev–Trinajstić information content (AvgIpc) is 2.06. The van der Waals surface area contributed by atoms with Crippen molar-refractivity contribution in [2.24, 2.45) is 10.8 Å². The highest BCUT2D eigenvalue weighted by Crippen LogP contribution is 2.43. The van der Waals surface area contributed by atoms with E-state index in [1.54, 1.807) is 0 Å². The predicted octanol–water partition coefficient (Wildman–Crippen LogP) is 13.5. The molecule has 0 unspecified atom stereocenters. The van der Waals surface area contributed by atoms with Crippen LogP contribution in [0, 0.1) is 10.8 Å². The number of sulfonamides is 1. The van der Waals surface area contributed by atoms with Crippen molar-refractivity contribution in [1.29, 1.82) is 0 Å². The lowest BCUT2D eigenvalue weighted by Crippen LogP contribution is -2.52. The summed E-state index contributed by atoms with van der Waals surface area (Å²) < 4.78 is 45.3. The highest BCUT2D eigenvalue weighted by molar-refractivity contribution is 7.88. The van der Waals surface area contributed by atoms with Gasteiger partial charge in [-0.05, 0) is 58.2 Å². The first-order chi connectivity index (χ1) is 39.1. The fourth-order valence-corrected chi connectivity index (χ4v) is 13.9.